The number of aromatic nitrogens is 2. The highest BCUT2D eigenvalue weighted by Crippen LogP contribution is 2.13. The van der Waals surface area contributed by atoms with E-state index < -0.39 is 0 Å². The Morgan fingerprint density at radius 2 is 2.20 bits per heavy atom. The highest BCUT2D eigenvalue weighted by atomic mass is 15.1. The van der Waals surface area contributed by atoms with Crippen LogP contribution in [0.3, 0.4) is 0 Å². The molecule has 1 aromatic heterocycles. The average Bonchev–Trinajstić information content (AvgIpc) is 2.64. The van der Waals surface area contributed by atoms with Gasteiger partial charge in [0.15, 0.2) is 0 Å². The maximum atomic E-state index is 4.02. The van der Waals surface area contributed by atoms with Gasteiger partial charge in [-0.15, -0.1) is 0 Å². The fourth-order valence-electron chi connectivity index (χ4n) is 1.74. The SMILES string of the molecule is CN(C)CCCc1ccc2cn[nH]c2c1. The molecule has 0 saturated carbocycles. The van der Waals surface area contributed by atoms with Crippen LogP contribution in [0.15, 0.2) is 24.4 Å². The number of fused-ring (bicyclic) bond motifs is 1. The van der Waals surface area contributed by atoms with Crippen molar-refractivity contribution in [3.05, 3.63) is 30.0 Å². The Morgan fingerprint density at radius 1 is 1.33 bits per heavy atom. The molecule has 80 valence electrons. The molecule has 0 aliphatic heterocycles. The van der Waals surface area contributed by atoms with E-state index in [2.05, 4.69) is 47.4 Å². The van der Waals surface area contributed by atoms with Crippen molar-refractivity contribution < 1.29 is 0 Å². The molecule has 0 saturated heterocycles. The summed E-state index contributed by atoms with van der Waals surface area (Å²) in [5.74, 6) is 0. The molecule has 0 aliphatic rings. The lowest BCUT2D eigenvalue weighted by Gasteiger charge is -2.08. The molecule has 0 aliphatic carbocycles. The number of hydrogen-bond donors (Lipinski definition) is 1. The van der Waals surface area contributed by atoms with Crippen molar-refractivity contribution >= 4 is 10.9 Å². The molecule has 2 aromatic rings. The van der Waals surface area contributed by atoms with Gasteiger partial charge in [0, 0.05) is 5.39 Å². The minimum atomic E-state index is 1.13. The Balaban J connectivity index is 2.02. The Kier molecular flexibility index (Phi) is 3.02. The normalized spacial score (nSPS) is 11.4. The predicted molar refractivity (Wildman–Crippen MR) is 63.0 cm³/mol. The monoisotopic (exact) mass is 203 g/mol. The van der Waals surface area contributed by atoms with E-state index in [1.54, 1.807) is 0 Å². The van der Waals surface area contributed by atoms with Gasteiger partial charge in [-0.05, 0) is 45.1 Å². The van der Waals surface area contributed by atoms with Crippen LogP contribution in [-0.4, -0.2) is 35.7 Å². The lowest BCUT2D eigenvalue weighted by molar-refractivity contribution is 0.400. The highest BCUT2D eigenvalue weighted by Gasteiger charge is 1.98. The maximum absolute atomic E-state index is 4.02. The Bertz CT molecular complexity index is 431. The van der Waals surface area contributed by atoms with Crippen molar-refractivity contribution in [2.24, 2.45) is 0 Å². The van der Waals surface area contributed by atoms with Gasteiger partial charge in [-0.25, -0.2) is 0 Å². The summed E-state index contributed by atoms with van der Waals surface area (Å²) >= 11 is 0. The Labute approximate surface area is 90.1 Å². The summed E-state index contributed by atoms with van der Waals surface area (Å²) in [5, 5.41) is 8.20. The standard InChI is InChI=1S/C12H17N3/c1-15(2)7-3-4-10-5-6-11-9-13-14-12(11)8-10/h5-6,8-9H,3-4,7H2,1-2H3,(H,13,14). The van der Waals surface area contributed by atoms with Crippen LogP contribution in [-0.2, 0) is 6.42 Å². The van der Waals surface area contributed by atoms with Gasteiger partial charge in [-0.1, -0.05) is 12.1 Å². The summed E-state index contributed by atoms with van der Waals surface area (Å²) < 4.78 is 0. The first kappa shape index (κ1) is 10.2. The zero-order chi connectivity index (χ0) is 10.7. The molecular weight excluding hydrogens is 186 g/mol. The highest BCUT2D eigenvalue weighted by molar-refractivity contribution is 5.78. The summed E-state index contributed by atoms with van der Waals surface area (Å²) in [4.78, 5) is 2.22. The number of benzene rings is 1. The number of nitrogens with one attached hydrogen (secondary N) is 1. The van der Waals surface area contributed by atoms with E-state index in [1.165, 1.54) is 17.4 Å². The number of aromatic amines is 1. The second-order valence-corrected chi connectivity index (χ2v) is 4.20. The zero-order valence-electron chi connectivity index (χ0n) is 9.33. The second-order valence-electron chi connectivity index (χ2n) is 4.20. The summed E-state index contributed by atoms with van der Waals surface area (Å²) in [7, 11) is 4.22. The number of rotatable bonds is 4. The predicted octanol–water partition coefficient (Wildman–Crippen LogP) is 2.06. The van der Waals surface area contributed by atoms with Crippen LogP contribution in [0.1, 0.15) is 12.0 Å². The van der Waals surface area contributed by atoms with Gasteiger partial charge in [0.1, 0.15) is 0 Å². The smallest absolute Gasteiger partial charge is 0.0653 e. The van der Waals surface area contributed by atoms with Crippen LogP contribution < -0.4 is 0 Å². The largest absolute Gasteiger partial charge is 0.309 e. The van der Waals surface area contributed by atoms with Gasteiger partial charge in [-0.3, -0.25) is 5.10 Å². The van der Waals surface area contributed by atoms with Gasteiger partial charge in [0.05, 0.1) is 11.7 Å². The molecule has 1 aromatic carbocycles. The van der Waals surface area contributed by atoms with Crippen molar-refractivity contribution in [3.63, 3.8) is 0 Å². The summed E-state index contributed by atoms with van der Waals surface area (Å²) in [6.07, 6.45) is 4.19. The second kappa shape index (κ2) is 4.45. The molecule has 1 heterocycles. The van der Waals surface area contributed by atoms with Crippen LogP contribution in [0.2, 0.25) is 0 Å². The van der Waals surface area contributed by atoms with Crippen LogP contribution >= 0.6 is 0 Å². The third-order valence-electron chi connectivity index (χ3n) is 2.58. The van der Waals surface area contributed by atoms with Gasteiger partial charge in [-0.2, -0.15) is 5.10 Å². The molecule has 0 radical (unpaired) electrons. The topological polar surface area (TPSA) is 31.9 Å². The molecule has 1 N–H and O–H groups in total. The van der Waals surface area contributed by atoms with Crippen molar-refractivity contribution in [2.75, 3.05) is 20.6 Å². The molecule has 0 fully saturated rings. The number of nitrogens with zero attached hydrogens (tertiary/aromatic N) is 2. The van der Waals surface area contributed by atoms with Crippen molar-refractivity contribution in [1.29, 1.82) is 0 Å². The van der Waals surface area contributed by atoms with E-state index in [0.29, 0.717) is 0 Å². The van der Waals surface area contributed by atoms with Crippen molar-refractivity contribution in [2.45, 2.75) is 12.8 Å². The molecular formula is C12H17N3. The maximum Gasteiger partial charge on any atom is 0.0653 e. The Morgan fingerprint density at radius 3 is 3.00 bits per heavy atom. The third-order valence-corrected chi connectivity index (χ3v) is 2.58. The van der Waals surface area contributed by atoms with E-state index in [-0.39, 0.29) is 0 Å². The van der Waals surface area contributed by atoms with Crippen LogP contribution in [0.5, 0.6) is 0 Å². The van der Waals surface area contributed by atoms with Crippen molar-refractivity contribution in [3.8, 4) is 0 Å². The molecule has 2 rings (SSSR count). The van der Waals surface area contributed by atoms with Crippen LogP contribution in [0.25, 0.3) is 10.9 Å². The number of aryl methyl sites for hydroxylation is 1. The van der Waals surface area contributed by atoms with Crippen molar-refractivity contribution in [1.82, 2.24) is 15.1 Å². The molecule has 15 heavy (non-hydrogen) atoms. The molecule has 3 nitrogen and oxygen atoms in total. The first-order valence-corrected chi connectivity index (χ1v) is 5.32. The van der Waals surface area contributed by atoms with E-state index in [0.717, 1.165) is 18.5 Å². The molecule has 0 atom stereocenters. The van der Waals surface area contributed by atoms with Gasteiger partial charge < -0.3 is 4.90 Å². The zero-order valence-corrected chi connectivity index (χ0v) is 9.33. The van der Waals surface area contributed by atoms with E-state index in [1.807, 2.05) is 6.20 Å². The molecule has 0 bridgehead atoms. The summed E-state index contributed by atoms with van der Waals surface area (Å²) in [5.41, 5.74) is 2.52. The first-order valence-electron chi connectivity index (χ1n) is 5.32. The summed E-state index contributed by atoms with van der Waals surface area (Å²) in [6, 6.07) is 6.51. The average molecular weight is 203 g/mol. The van der Waals surface area contributed by atoms with E-state index >= 15 is 0 Å². The molecule has 0 amide bonds. The molecule has 3 heteroatoms. The molecule has 0 unspecified atom stereocenters. The van der Waals surface area contributed by atoms with Crippen LogP contribution in [0, 0.1) is 0 Å². The first-order chi connectivity index (χ1) is 7.25. The van der Waals surface area contributed by atoms with E-state index in [4.69, 9.17) is 0 Å². The Hall–Kier alpha value is -1.35. The van der Waals surface area contributed by atoms with Crippen LogP contribution in [0.4, 0.5) is 0 Å². The van der Waals surface area contributed by atoms with Gasteiger partial charge in [0.25, 0.3) is 0 Å². The van der Waals surface area contributed by atoms with Gasteiger partial charge in [0.2, 0.25) is 0 Å². The minimum absolute atomic E-state index is 1.13. The third kappa shape index (κ3) is 2.57. The lowest BCUT2D eigenvalue weighted by atomic mass is 10.1. The number of hydrogen-bond acceptors (Lipinski definition) is 2. The molecule has 0 spiro atoms. The quantitative estimate of drug-likeness (QED) is 0.824. The lowest BCUT2D eigenvalue weighted by Crippen LogP contribution is -2.13. The van der Waals surface area contributed by atoms with E-state index in [9.17, 15) is 0 Å². The summed E-state index contributed by atoms with van der Waals surface area (Å²) in [6.45, 7) is 1.14. The minimum Gasteiger partial charge on any atom is -0.309 e. The van der Waals surface area contributed by atoms with Gasteiger partial charge >= 0.3 is 0 Å². The fraction of sp³-hybridized carbons (Fsp3) is 0.417. The number of H-pyrrole nitrogens is 1. The fourth-order valence-corrected chi connectivity index (χ4v) is 1.74.